The molecule has 0 aliphatic rings. The zero-order chi connectivity index (χ0) is 13.4. The van der Waals surface area contributed by atoms with Gasteiger partial charge >= 0.3 is 0 Å². The van der Waals surface area contributed by atoms with Gasteiger partial charge in [0.2, 0.25) is 5.91 Å². The fraction of sp³-hybridized carbons (Fsp3) is 0.500. The molecule has 2 atom stereocenters. The van der Waals surface area contributed by atoms with E-state index in [0.717, 1.165) is 12.0 Å². The highest BCUT2D eigenvalue weighted by Crippen LogP contribution is 2.26. The lowest BCUT2D eigenvalue weighted by atomic mass is 10.0. The molecule has 0 spiro atoms. The third-order valence-corrected chi connectivity index (χ3v) is 4.27. The van der Waals surface area contributed by atoms with Crippen LogP contribution in [0.3, 0.4) is 0 Å². The van der Waals surface area contributed by atoms with Crippen LogP contribution in [0, 0.1) is 0 Å². The Labute approximate surface area is 114 Å². The van der Waals surface area contributed by atoms with Crippen molar-refractivity contribution in [3.63, 3.8) is 0 Å². The Morgan fingerprint density at radius 2 is 2.00 bits per heavy atom. The second kappa shape index (κ2) is 8.16. The minimum absolute atomic E-state index is 0.0179. The number of hydrogen-bond donors (Lipinski definition) is 2. The first-order valence-corrected chi connectivity index (χ1v) is 7.42. The lowest BCUT2D eigenvalue weighted by Crippen LogP contribution is -2.28. The Morgan fingerprint density at radius 1 is 1.33 bits per heavy atom. The number of hydrogen-bond acceptors (Lipinski definition) is 3. The average molecular weight is 266 g/mol. The number of nitrogens with two attached hydrogens (primary N) is 1. The molecule has 3 nitrogen and oxygen atoms in total. The Morgan fingerprint density at radius 3 is 2.56 bits per heavy atom. The maximum atomic E-state index is 11.4. The zero-order valence-corrected chi connectivity index (χ0v) is 11.9. The summed E-state index contributed by atoms with van der Waals surface area (Å²) in [6.45, 7) is 4.72. The van der Waals surface area contributed by atoms with Gasteiger partial charge < -0.3 is 11.1 Å². The molecule has 0 saturated heterocycles. The van der Waals surface area contributed by atoms with Crippen molar-refractivity contribution in [3.05, 3.63) is 35.9 Å². The Hall–Kier alpha value is -1.00. The molecule has 0 radical (unpaired) electrons. The summed E-state index contributed by atoms with van der Waals surface area (Å²) >= 11 is 1.64. The summed E-state index contributed by atoms with van der Waals surface area (Å²) in [6, 6.07) is 10.0. The van der Waals surface area contributed by atoms with Crippen LogP contribution in [-0.2, 0) is 4.79 Å². The van der Waals surface area contributed by atoms with Gasteiger partial charge in [-0.2, -0.15) is 0 Å². The Balaban J connectivity index is 2.53. The standard InChI is InChI=1S/C14H22N2OS/c1-3-12(18-10-13(17)16-4-2)14(15)11-8-6-5-7-9-11/h5-9,12,14H,3-4,10,15H2,1-2H3,(H,16,17). The highest BCUT2D eigenvalue weighted by atomic mass is 32.2. The highest BCUT2D eigenvalue weighted by Gasteiger charge is 2.19. The normalized spacial score (nSPS) is 13.9. The van der Waals surface area contributed by atoms with Crippen LogP contribution in [0.5, 0.6) is 0 Å². The van der Waals surface area contributed by atoms with Gasteiger partial charge in [-0.3, -0.25) is 4.79 Å². The summed E-state index contributed by atoms with van der Waals surface area (Å²) in [5.74, 6) is 0.564. The van der Waals surface area contributed by atoms with Gasteiger partial charge in [-0.15, -0.1) is 11.8 Å². The predicted molar refractivity (Wildman–Crippen MR) is 78.6 cm³/mol. The molecule has 4 heteroatoms. The van der Waals surface area contributed by atoms with E-state index in [2.05, 4.69) is 12.2 Å². The van der Waals surface area contributed by atoms with Gasteiger partial charge in [-0.05, 0) is 18.9 Å². The van der Waals surface area contributed by atoms with Gasteiger partial charge in [-0.25, -0.2) is 0 Å². The maximum absolute atomic E-state index is 11.4. The largest absolute Gasteiger partial charge is 0.356 e. The average Bonchev–Trinajstić information content (AvgIpc) is 2.40. The number of carbonyl (C=O) groups excluding carboxylic acids is 1. The molecule has 0 heterocycles. The van der Waals surface area contributed by atoms with Gasteiger partial charge in [0.25, 0.3) is 0 Å². The highest BCUT2D eigenvalue weighted by molar-refractivity contribution is 8.00. The van der Waals surface area contributed by atoms with Crippen LogP contribution in [0.1, 0.15) is 31.9 Å². The molecule has 1 amide bonds. The van der Waals surface area contributed by atoms with Crippen molar-refractivity contribution in [1.82, 2.24) is 5.32 Å². The van der Waals surface area contributed by atoms with E-state index in [0.29, 0.717) is 12.3 Å². The van der Waals surface area contributed by atoms with Crippen LogP contribution < -0.4 is 11.1 Å². The van der Waals surface area contributed by atoms with Crippen LogP contribution in [0.15, 0.2) is 30.3 Å². The lowest BCUT2D eigenvalue weighted by Gasteiger charge is -2.22. The first-order chi connectivity index (χ1) is 8.69. The van der Waals surface area contributed by atoms with E-state index < -0.39 is 0 Å². The van der Waals surface area contributed by atoms with Gasteiger partial charge in [0.15, 0.2) is 0 Å². The summed E-state index contributed by atoms with van der Waals surface area (Å²) in [7, 11) is 0. The molecule has 1 aromatic rings. The first-order valence-electron chi connectivity index (χ1n) is 6.37. The molecule has 0 fully saturated rings. The molecular weight excluding hydrogens is 244 g/mol. The van der Waals surface area contributed by atoms with E-state index in [9.17, 15) is 4.79 Å². The van der Waals surface area contributed by atoms with Crippen LogP contribution in [0.4, 0.5) is 0 Å². The van der Waals surface area contributed by atoms with Gasteiger partial charge in [-0.1, -0.05) is 37.3 Å². The van der Waals surface area contributed by atoms with E-state index in [1.165, 1.54) is 0 Å². The molecule has 0 bridgehead atoms. The summed E-state index contributed by atoms with van der Waals surface area (Å²) in [5.41, 5.74) is 7.39. The molecular formula is C14H22N2OS. The van der Waals surface area contributed by atoms with Crippen molar-refractivity contribution in [3.8, 4) is 0 Å². The number of amides is 1. The fourth-order valence-corrected chi connectivity index (χ4v) is 2.86. The van der Waals surface area contributed by atoms with Crippen molar-refractivity contribution < 1.29 is 4.79 Å². The molecule has 0 aliphatic carbocycles. The zero-order valence-electron chi connectivity index (χ0n) is 11.1. The van der Waals surface area contributed by atoms with E-state index in [1.54, 1.807) is 11.8 Å². The second-order valence-electron chi connectivity index (χ2n) is 4.15. The monoisotopic (exact) mass is 266 g/mol. The minimum Gasteiger partial charge on any atom is -0.356 e. The van der Waals surface area contributed by atoms with E-state index in [1.807, 2.05) is 37.3 Å². The maximum Gasteiger partial charge on any atom is 0.229 e. The molecule has 1 aromatic carbocycles. The summed E-state index contributed by atoms with van der Waals surface area (Å²) in [6.07, 6.45) is 0.958. The van der Waals surface area contributed by atoms with Gasteiger partial charge in [0.05, 0.1) is 5.75 Å². The molecule has 0 aromatic heterocycles. The number of benzene rings is 1. The quantitative estimate of drug-likeness (QED) is 0.796. The number of rotatable bonds is 7. The molecule has 2 unspecified atom stereocenters. The Kier molecular flexibility index (Phi) is 6.83. The lowest BCUT2D eigenvalue weighted by molar-refractivity contribution is -0.118. The van der Waals surface area contributed by atoms with Crippen molar-refractivity contribution in [2.24, 2.45) is 5.73 Å². The summed E-state index contributed by atoms with van der Waals surface area (Å²) in [5, 5.41) is 3.08. The van der Waals surface area contributed by atoms with Crippen molar-refractivity contribution >= 4 is 17.7 Å². The van der Waals surface area contributed by atoms with Crippen molar-refractivity contribution in [1.29, 1.82) is 0 Å². The smallest absolute Gasteiger partial charge is 0.229 e. The molecule has 0 saturated carbocycles. The van der Waals surface area contributed by atoms with Crippen LogP contribution >= 0.6 is 11.8 Å². The van der Waals surface area contributed by atoms with Gasteiger partial charge in [0, 0.05) is 17.8 Å². The molecule has 100 valence electrons. The van der Waals surface area contributed by atoms with Crippen LogP contribution in [-0.4, -0.2) is 23.5 Å². The van der Waals surface area contributed by atoms with E-state index >= 15 is 0 Å². The molecule has 3 N–H and O–H groups in total. The van der Waals surface area contributed by atoms with Crippen LogP contribution in [0.2, 0.25) is 0 Å². The third kappa shape index (κ3) is 4.70. The van der Waals surface area contributed by atoms with Gasteiger partial charge in [0.1, 0.15) is 0 Å². The Bertz CT molecular complexity index is 356. The summed E-state index contributed by atoms with van der Waals surface area (Å²) < 4.78 is 0. The number of thioether (sulfide) groups is 1. The second-order valence-corrected chi connectivity index (χ2v) is 5.38. The minimum atomic E-state index is -0.0179. The van der Waals surface area contributed by atoms with Crippen LogP contribution in [0.25, 0.3) is 0 Å². The SMILES string of the molecule is CCNC(=O)CSC(CC)C(N)c1ccccc1. The molecule has 1 rings (SSSR count). The first kappa shape index (κ1) is 15.1. The topological polar surface area (TPSA) is 55.1 Å². The van der Waals surface area contributed by atoms with Crippen molar-refractivity contribution in [2.45, 2.75) is 31.6 Å². The number of carbonyl (C=O) groups is 1. The molecule has 18 heavy (non-hydrogen) atoms. The fourth-order valence-electron chi connectivity index (χ4n) is 1.80. The number of nitrogens with one attached hydrogen (secondary N) is 1. The summed E-state index contributed by atoms with van der Waals surface area (Å²) in [4.78, 5) is 11.4. The molecule has 0 aliphatic heterocycles. The van der Waals surface area contributed by atoms with Crippen molar-refractivity contribution in [2.75, 3.05) is 12.3 Å². The third-order valence-electron chi connectivity index (χ3n) is 2.79. The van der Waals surface area contributed by atoms with E-state index in [-0.39, 0.29) is 17.2 Å². The predicted octanol–water partition coefficient (Wildman–Crippen LogP) is 2.33. The van der Waals surface area contributed by atoms with E-state index in [4.69, 9.17) is 5.73 Å².